The molecule has 1 rings (SSSR count). The van der Waals surface area contributed by atoms with Crippen LogP contribution in [0.15, 0.2) is 24.3 Å². The monoisotopic (exact) mass is 286 g/mol. The first kappa shape index (κ1) is 16.0. The van der Waals surface area contributed by atoms with Gasteiger partial charge in [0.2, 0.25) is 5.91 Å². The molecule has 0 atom stereocenters. The summed E-state index contributed by atoms with van der Waals surface area (Å²) in [6.07, 6.45) is 0. The van der Waals surface area contributed by atoms with E-state index in [0.717, 1.165) is 5.56 Å². The molecular weight excluding hydrogens is 270 g/mol. The van der Waals surface area contributed by atoms with Crippen molar-refractivity contribution in [2.24, 2.45) is 0 Å². The second kappa shape index (κ2) is 6.95. The van der Waals surface area contributed by atoms with Crippen LogP contribution >= 0.6 is 0 Å². The second-order valence-electron chi connectivity index (χ2n) is 4.34. The number of carbonyl (C=O) groups excluding carboxylic acids is 2. The minimum Gasteiger partial charge on any atom is -0.390 e. The Morgan fingerprint density at radius 3 is 2.60 bits per heavy atom. The van der Waals surface area contributed by atoms with Crippen LogP contribution in [0.3, 0.4) is 0 Å². The minimum absolute atomic E-state index is 0.387. The maximum absolute atomic E-state index is 12.7. The van der Waals surface area contributed by atoms with E-state index in [4.69, 9.17) is 5.11 Å². The van der Waals surface area contributed by atoms with E-state index in [-0.39, 0.29) is 0 Å². The number of alkyl halides is 2. The Bertz CT molecular complexity index is 492. The van der Waals surface area contributed by atoms with Gasteiger partial charge >= 0.3 is 0 Å². The molecule has 0 aromatic heterocycles. The van der Waals surface area contributed by atoms with Gasteiger partial charge in [0.15, 0.2) is 0 Å². The Kier molecular flexibility index (Phi) is 5.57. The first-order valence-electron chi connectivity index (χ1n) is 5.94. The highest BCUT2D eigenvalue weighted by Gasteiger charge is 2.28. The Balaban J connectivity index is 2.40. The topological polar surface area (TPSA) is 78.4 Å². The number of nitrogens with one attached hydrogen (secondary N) is 2. The van der Waals surface area contributed by atoms with E-state index in [0.29, 0.717) is 5.56 Å². The zero-order valence-corrected chi connectivity index (χ0v) is 11.0. The van der Waals surface area contributed by atoms with Crippen molar-refractivity contribution >= 4 is 11.8 Å². The lowest BCUT2D eigenvalue weighted by molar-refractivity contribution is -0.123. The number of aliphatic hydroxyl groups is 1. The standard InChI is InChI=1S/C13H16F2N2O3/c1-9-3-2-4-10(5-9)12(20)16-6-11(19)17-7-13(14,15)8-18/h2-5,18H,6-8H2,1H3,(H,16,20)(H,17,19). The molecule has 20 heavy (non-hydrogen) atoms. The van der Waals surface area contributed by atoms with Crippen molar-refractivity contribution in [3.8, 4) is 0 Å². The van der Waals surface area contributed by atoms with E-state index in [1.807, 2.05) is 18.3 Å². The molecule has 0 saturated carbocycles. The van der Waals surface area contributed by atoms with Crippen LogP contribution in [0.4, 0.5) is 8.78 Å². The van der Waals surface area contributed by atoms with Gasteiger partial charge in [0.1, 0.15) is 6.61 Å². The molecule has 110 valence electrons. The fourth-order valence-corrected chi connectivity index (χ4v) is 1.40. The first-order valence-corrected chi connectivity index (χ1v) is 5.94. The van der Waals surface area contributed by atoms with Gasteiger partial charge in [-0.3, -0.25) is 9.59 Å². The van der Waals surface area contributed by atoms with Gasteiger partial charge in [0.25, 0.3) is 11.8 Å². The first-order chi connectivity index (χ1) is 9.34. The smallest absolute Gasteiger partial charge is 0.287 e. The summed E-state index contributed by atoms with van der Waals surface area (Å²) in [4.78, 5) is 22.9. The van der Waals surface area contributed by atoms with Gasteiger partial charge in [0, 0.05) is 5.56 Å². The largest absolute Gasteiger partial charge is 0.390 e. The quantitative estimate of drug-likeness (QED) is 0.711. The van der Waals surface area contributed by atoms with Gasteiger partial charge in [-0.05, 0) is 19.1 Å². The van der Waals surface area contributed by atoms with Crippen LogP contribution in [-0.2, 0) is 4.79 Å². The number of hydrogen-bond acceptors (Lipinski definition) is 3. The van der Waals surface area contributed by atoms with Gasteiger partial charge in [-0.25, -0.2) is 8.78 Å². The molecule has 5 nitrogen and oxygen atoms in total. The molecule has 0 unspecified atom stereocenters. The predicted molar refractivity (Wildman–Crippen MR) is 68.6 cm³/mol. The Morgan fingerprint density at radius 1 is 1.30 bits per heavy atom. The summed E-state index contributed by atoms with van der Waals surface area (Å²) in [7, 11) is 0. The molecule has 3 N–H and O–H groups in total. The molecule has 0 aliphatic rings. The molecule has 1 aromatic carbocycles. The summed E-state index contributed by atoms with van der Waals surface area (Å²) >= 11 is 0. The zero-order chi connectivity index (χ0) is 15.2. The molecule has 7 heteroatoms. The molecule has 0 saturated heterocycles. The average molecular weight is 286 g/mol. The Labute approximate surface area is 115 Å². The van der Waals surface area contributed by atoms with Gasteiger partial charge < -0.3 is 15.7 Å². The van der Waals surface area contributed by atoms with E-state index in [1.54, 1.807) is 18.2 Å². The number of rotatable bonds is 6. The molecule has 0 aliphatic heterocycles. The summed E-state index contributed by atoms with van der Waals surface area (Å²) in [5.41, 5.74) is 1.28. The fraction of sp³-hybridized carbons (Fsp3) is 0.385. The number of aliphatic hydroxyl groups excluding tert-OH is 1. The molecular formula is C13H16F2N2O3. The van der Waals surface area contributed by atoms with Gasteiger partial charge in [-0.2, -0.15) is 0 Å². The van der Waals surface area contributed by atoms with Gasteiger partial charge in [-0.15, -0.1) is 0 Å². The van der Waals surface area contributed by atoms with Crippen LogP contribution in [0.2, 0.25) is 0 Å². The van der Waals surface area contributed by atoms with Gasteiger partial charge in [0.05, 0.1) is 13.1 Å². The van der Waals surface area contributed by atoms with Crippen LogP contribution < -0.4 is 10.6 Å². The van der Waals surface area contributed by atoms with Crippen molar-refractivity contribution in [1.29, 1.82) is 0 Å². The lowest BCUT2D eigenvalue weighted by Gasteiger charge is -2.14. The molecule has 0 aliphatic carbocycles. The third kappa shape index (κ3) is 5.31. The van der Waals surface area contributed by atoms with E-state index >= 15 is 0 Å². The van der Waals surface area contributed by atoms with Crippen molar-refractivity contribution in [3.05, 3.63) is 35.4 Å². The average Bonchev–Trinajstić information content (AvgIpc) is 2.42. The summed E-state index contributed by atoms with van der Waals surface area (Å²) in [5.74, 6) is -4.58. The Hall–Kier alpha value is -2.02. The van der Waals surface area contributed by atoms with Crippen molar-refractivity contribution in [2.45, 2.75) is 12.8 Å². The molecule has 0 heterocycles. The number of halogens is 2. The maximum Gasteiger partial charge on any atom is 0.287 e. The molecule has 0 fully saturated rings. The van der Waals surface area contributed by atoms with Crippen LogP contribution in [0, 0.1) is 6.92 Å². The molecule has 0 spiro atoms. The highest BCUT2D eigenvalue weighted by atomic mass is 19.3. The highest BCUT2D eigenvalue weighted by Crippen LogP contribution is 2.09. The normalized spacial score (nSPS) is 11.0. The van der Waals surface area contributed by atoms with Crippen molar-refractivity contribution in [2.75, 3.05) is 19.7 Å². The number of carbonyl (C=O) groups is 2. The second-order valence-corrected chi connectivity index (χ2v) is 4.34. The number of benzene rings is 1. The van der Waals surface area contributed by atoms with E-state index < -0.39 is 37.4 Å². The summed E-state index contributed by atoms with van der Waals surface area (Å²) in [6, 6.07) is 6.75. The van der Waals surface area contributed by atoms with E-state index in [1.165, 1.54) is 0 Å². The zero-order valence-electron chi connectivity index (χ0n) is 11.0. The highest BCUT2D eigenvalue weighted by molar-refractivity contribution is 5.96. The lowest BCUT2D eigenvalue weighted by atomic mass is 10.1. The fourth-order valence-electron chi connectivity index (χ4n) is 1.40. The molecule has 2 amide bonds. The van der Waals surface area contributed by atoms with Crippen molar-refractivity contribution in [1.82, 2.24) is 10.6 Å². The van der Waals surface area contributed by atoms with Gasteiger partial charge in [-0.1, -0.05) is 17.7 Å². The number of amides is 2. The van der Waals surface area contributed by atoms with E-state index in [9.17, 15) is 18.4 Å². The summed E-state index contributed by atoms with van der Waals surface area (Å²) in [5, 5.41) is 12.6. The van der Waals surface area contributed by atoms with E-state index in [2.05, 4.69) is 5.32 Å². The molecule has 0 radical (unpaired) electrons. The van der Waals surface area contributed by atoms with Crippen molar-refractivity contribution in [3.63, 3.8) is 0 Å². The number of hydrogen-bond donors (Lipinski definition) is 3. The SMILES string of the molecule is Cc1cccc(C(=O)NCC(=O)NCC(F)(F)CO)c1. The van der Waals surface area contributed by atoms with Crippen LogP contribution in [0.1, 0.15) is 15.9 Å². The Morgan fingerprint density at radius 2 is 2.00 bits per heavy atom. The van der Waals surface area contributed by atoms with Crippen LogP contribution in [0.5, 0.6) is 0 Å². The predicted octanol–water partition coefficient (Wildman–Crippen LogP) is 0.469. The molecule has 0 bridgehead atoms. The van der Waals surface area contributed by atoms with Crippen molar-refractivity contribution < 1.29 is 23.5 Å². The lowest BCUT2D eigenvalue weighted by Crippen LogP contribution is -2.43. The minimum atomic E-state index is -3.36. The third-order valence-electron chi connectivity index (χ3n) is 2.47. The number of aryl methyl sites for hydroxylation is 1. The summed E-state index contributed by atoms with van der Waals surface area (Å²) in [6.45, 7) is -0.902. The van der Waals surface area contributed by atoms with Crippen LogP contribution in [0.25, 0.3) is 0 Å². The third-order valence-corrected chi connectivity index (χ3v) is 2.47. The summed E-state index contributed by atoms with van der Waals surface area (Å²) < 4.78 is 25.3. The molecule has 1 aromatic rings. The van der Waals surface area contributed by atoms with Crippen LogP contribution in [-0.4, -0.2) is 42.5 Å². The maximum atomic E-state index is 12.7.